The van der Waals surface area contributed by atoms with Crippen LogP contribution in [0.5, 0.6) is 0 Å². The molecule has 0 heterocycles. The molecule has 0 spiro atoms. The lowest BCUT2D eigenvalue weighted by atomic mass is 10.1. The van der Waals surface area contributed by atoms with E-state index in [9.17, 15) is 10.1 Å². The van der Waals surface area contributed by atoms with E-state index in [0.29, 0.717) is 16.8 Å². The highest BCUT2D eigenvalue weighted by Gasteiger charge is 2.13. The Bertz CT molecular complexity index is 485. The third-order valence-electron chi connectivity index (χ3n) is 3.51. The van der Waals surface area contributed by atoms with E-state index < -0.39 is 4.92 Å². The molecular formula is C14H19N3O2S. The summed E-state index contributed by atoms with van der Waals surface area (Å²) < 4.78 is 0. The van der Waals surface area contributed by atoms with Crippen molar-refractivity contribution in [1.82, 2.24) is 5.32 Å². The van der Waals surface area contributed by atoms with Gasteiger partial charge in [-0.3, -0.25) is 10.1 Å². The lowest BCUT2D eigenvalue weighted by Gasteiger charge is -2.19. The lowest BCUT2D eigenvalue weighted by Crippen LogP contribution is -2.37. The minimum absolute atomic E-state index is 0.0623. The van der Waals surface area contributed by atoms with Gasteiger partial charge in [-0.1, -0.05) is 31.7 Å². The fourth-order valence-electron chi connectivity index (χ4n) is 2.47. The van der Waals surface area contributed by atoms with E-state index in [1.54, 1.807) is 12.1 Å². The third kappa shape index (κ3) is 4.45. The Hall–Kier alpha value is -1.69. The number of nitrogens with zero attached hydrogens (tertiary/aromatic N) is 1. The number of anilines is 1. The quantitative estimate of drug-likeness (QED) is 0.386. The van der Waals surface area contributed by atoms with Crippen molar-refractivity contribution < 1.29 is 4.92 Å². The van der Waals surface area contributed by atoms with Crippen molar-refractivity contribution in [1.29, 1.82) is 0 Å². The molecule has 0 aromatic heterocycles. The van der Waals surface area contributed by atoms with Gasteiger partial charge in [-0.05, 0) is 31.1 Å². The third-order valence-corrected chi connectivity index (χ3v) is 3.73. The van der Waals surface area contributed by atoms with Gasteiger partial charge in [0.1, 0.15) is 0 Å². The Morgan fingerprint density at radius 2 is 1.95 bits per heavy atom. The first-order valence-corrected chi connectivity index (χ1v) is 7.38. The molecular weight excluding hydrogens is 274 g/mol. The number of hydrogen-bond acceptors (Lipinski definition) is 3. The first-order valence-electron chi connectivity index (χ1n) is 6.97. The van der Waals surface area contributed by atoms with Crippen LogP contribution in [-0.4, -0.2) is 16.1 Å². The molecule has 1 aliphatic carbocycles. The van der Waals surface area contributed by atoms with E-state index in [2.05, 4.69) is 10.6 Å². The normalized spacial score (nSPS) is 16.2. The van der Waals surface area contributed by atoms with Gasteiger partial charge in [-0.2, -0.15) is 0 Å². The number of nitro groups is 1. The molecule has 0 saturated heterocycles. The molecule has 0 bridgehead atoms. The first-order chi connectivity index (χ1) is 9.65. The summed E-state index contributed by atoms with van der Waals surface area (Å²) in [7, 11) is 0. The van der Waals surface area contributed by atoms with Gasteiger partial charge < -0.3 is 10.6 Å². The summed E-state index contributed by atoms with van der Waals surface area (Å²) in [6.45, 7) is 0. The smallest absolute Gasteiger partial charge is 0.271 e. The van der Waals surface area contributed by atoms with Crippen molar-refractivity contribution >= 4 is 28.7 Å². The maximum absolute atomic E-state index is 10.7. The predicted molar refractivity (Wildman–Crippen MR) is 83.9 cm³/mol. The van der Waals surface area contributed by atoms with E-state index in [-0.39, 0.29) is 5.69 Å². The second-order valence-electron chi connectivity index (χ2n) is 5.09. The van der Waals surface area contributed by atoms with Crippen molar-refractivity contribution in [2.45, 2.75) is 44.6 Å². The topological polar surface area (TPSA) is 67.2 Å². The molecule has 6 heteroatoms. The fraction of sp³-hybridized carbons (Fsp3) is 0.500. The van der Waals surface area contributed by atoms with Crippen molar-refractivity contribution in [2.75, 3.05) is 5.32 Å². The number of hydrogen-bond donors (Lipinski definition) is 2. The van der Waals surface area contributed by atoms with Crippen LogP contribution in [-0.2, 0) is 0 Å². The minimum atomic E-state index is -0.410. The van der Waals surface area contributed by atoms with Crippen molar-refractivity contribution in [3.8, 4) is 0 Å². The Balaban J connectivity index is 1.90. The van der Waals surface area contributed by atoms with Crippen LogP contribution in [0.1, 0.15) is 38.5 Å². The Morgan fingerprint density at radius 1 is 1.25 bits per heavy atom. The van der Waals surface area contributed by atoms with E-state index in [1.165, 1.54) is 37.8 Å². The number of thiocarbonyl (C=S) groups is 1. The number of rotatable bonds is 3. The van der Waals surface area contributed by atoms with Crippen molar-refractivity contribution in [2.24, 2.45) is 0 Å². The second-order valence-corrected chi connectivity index (χ2v) is 5.50. The van der Waals surface area contributed by atoms with Gasteiger partial charge in [0.15, 0.2) is 5.11 Å². The van der Waals surface area contributed by atoms with Crippen molar-refractivity contribution in [3.05, 3.63) is 34.4 Å². The highest BCUT2D eigenvalue weighted by Crippen LogP contribution is 2.19. The Labute approximate surface area is 123 Å². The Kier molecular flexibility index (Phi) is 5.29. The van der Waals surface area contributed by atoms with E-state index in [1.807, 2.05) is 0 Å². The zero-order valence-corrected chi connectivity index (χ0v) is 12.1. The zero-order valence-electron chi connectivity index (χ0n) is 11.3. The number of non-ortho nitro benzene ring substituents is 1. The van der Waals surface area contributed by atoms with Crippen LogP contribution in [0.15, 0.2) is 24.3 Å². The number of nitrogens with one attached hydrogen (secondary N) is 2. The summed E-state index contributed by atoms with van der Waals surface area (Å²) in [4.78, 5) is 10.3. The van der Waals surface area contributed by atoms with Gasteiger partial charge in [-0.15, -0.1) is 0 Å². The summed E-state index contributed by atoms with van der Waals surface area (Å²) >= 11 is 5.28. The Morgan fingerprint density at radius 3 is 2.60 bits per heavy atom. The SMILES string of the molecule is O=[N+]([O-])c1cccc(NC(=S)NC2CCCCCC2)c1. The summed E-state index contributed by atoms with van der Waals surface area (Å²) in [6.07, 6.45) is 7.33. The summed E-state index contributed by atoms with van der Waals surface area (Å²) in [5, 5.41) is 17.6. The monoisotopic (exact) mass is 293 g/mol. The maximum Gasteiger partial charge on any atom is 0.271 e. The van der Waals surface area contributed by atoms with Crippen LogP contribution in [0, 0.1) is 10.1 Å². The highest BCUT2D eigenvalue weighted by atomic mass is 32.1. The highest BCUT2D eigenvalue weighted by molar-refractivity contribution is 7.80. The van der Waals surface area contributed by atoms with Crippen LogP contribution < -0.4 is 10.6 Å². The van der Waals surface area contributed by atoms with Crippen molar-refractivity contribution in [3.63, 3.8) is 0 Å². The predicted octanol–water partition coefficient (Wildman–Crippen LogP) is 3.60. The molecule has 0 aliphatic heterocycles. The molecule has 5 nitrogen and oxygen atoms in total. The molecule has 2 rings (SSSR count). The summed E-state index contributed by atoms with van der Waals surface area (Å²) in [6, 6.07) is 6.79. The lowest BCUT2D eigenvalue weighted by molar-refractivity contribution is -0.384. The zero-order chi connectivity index (χ0) is 14.4. The van der Waals surface area contributed by atoms with Gasteiger partial charge in [-0.25, -0.2) is 0 Å². The molecule has 20 heavy (non-hydrogen) atoms. The number of benzene rings is 1. The van der Waals surface area contributed by atoms with Crippen LogP contribution >= 0.6 is 12.2 Å². The molecule has 1 saturated carbocycles. The average molecular weight is 293 g/mol. The molecule has 0 amide bonds. The largest absolute Gasteiger partial charge is 0.360 e. The maximum atomic E-state index is 10.7. The van der Waals surface area contributed by atoms with Gasteiger partial charge in [0.2, 0.25) is 0 Å². The van der Waals surface area contributed by atoms with Crippen LogP contribution in [0.25, 0.3) is 0 Å². The van der Waals surface area contributed by atoms with Gasteiger partial charge in [0, 0.05) is 23.9 Å². The molecule has 0 atom stereocenters. The summed E-state index contributed by atoms with van der Waals surface area (Å²) in [5.41, 5.74) is 0.706. The standard InChI is InChI=1S/C14H19N3O2S/c18-17(19)13-9-5-8-12(10-13)16-14(20)15-11-6-3-1-2-4-7-11/h5,8-11H,1-4,6-7H2,(H2,15,16,20). The molecule has 1 aromatic rings. The first kappa shape index (κ1) is 14.7. The molecule has 2 N–H and O–H groups in total. The number of nitro benzene ring substituents is 1. The molecule has 1 aromatic carbocycles. The molecule has 1 aliphatic rings. The van der Waals surface area contributed by atoms with E-state index >= 15 is 0 Å². The average Bonchev–Trinajstić information content (AvgIpc) is 2.67. The van der Waals surface area contributed by atoms with Crippen LogP contribution in [0.3, 0.4) is 0 Å². The van der Waals surface area contributed by atoms with E-state index in [4.69, 9.17) is 12.2 Å². The van der Waals surface area contributed by atoms with Gasteiger partial charge >= 0.3 is 0 Å². The summed E-state index contributed by atoms with van der Waals surface area (Å²) in [5.74, 6) is 0. The minimum Gasteiger partial charge on any atom is -0.360 e. The van der Waals surface area contributed by atoms with E-state index in [0.717, 1.165) is 12.8 Å². The fourth-order valence-corrected chi connectivity index (χ4v) is 2.76. The van der Waals surface area contributed by atoms with Gasteiger partial charge in [0.05, 0.1) is 4.92 Å². The van der Waals surface area contributed by atoms with Crippen LogP contribution in [0.4, 0.5) is 11.4 Å². The molecule has 0 radical (unpaired) electrons. The molecule has 108 valence electrons. The molecule has 1 fully saturated rings. The van der Waals surface area contributed by atoms with Gasteiger partial charge in [0.25, 0.3) is 5.69 Å². The molecule has 0 unspecified atom stereocenters. The second kappa shape index (κ2) is 7.19. The van der Waals surface area contributed by atoms with Crippen LogP contribution in [0.2, 0.25) is 0 Å².